The van der Waals surface area contributed by atoms with Crippen molar-refractivity contribution < 1.29 is 28.5 Å². The number of carbonyl (C=O) groups is 1. The maximum atomic E-state index is 12.5. The first-order chi connectivity index (χ1) is 18.9. The third kappa shape index (κ3) is 6.88. The van der Waals surface area contributed by atoms with Gasteiger partial charge in [0.1, 0.15) is 24.2 Å². The van der Waals surface area contributed by atoms with E-state index in [4.69, 9.17) is 28.9 Å². The van der Waals surface area contributed by atoms with Crippen molar-refractivity contribution in [2.24, 2.45) is 0 Å². The van der Waals surface area contributed by atoms with E-state index >= 15 is 0 Å². The Morgan fingerprint density at radius 2 is 1.90 bits per heavy atom. The Bertz CT molecular complexity index is 1350. The van der Waals surface area contributed by atoms with Gasteiger partial charge in [-0.15, -0.1) is 0 Å². The molecule has 0 saturated carbocycles. The third-order valence-electron chi connectivity index (χ3n) is 6.69. The van der Waals surface area contributed by atoms with Crippen molar-refractivity contribution in [3.05, 3.63) is 94.5 Å². The number of ether oxygens (including phenoxy) is 5. The number of nitriles is 1. The third-order valence-corrected chi connectivity index (χ3v) is 6.69. The lowest BCUT2D eigenvalue weighted by atomic mass is 10.0. The second-order valence-corrected chi connectivity index (χ2v) is 10.1. The smallest absolute Gasteiger partial charge is 0.410 e. The summed E-state index contributed by atoms with van der Waals surface area (Å²) in [5.74, 6) is 0.925. The number of fused-ring (bicyclic) bond motifs is 1. The van der Waals surface area contributed by atoms with Crippen LogP contribution in [0.25, 0.3) is 0 Å². The SMILES string of the molecule is CC1(C)OCc2cc(C3CN(CCc4ccc(OCCOCc5cccc(C#N)c5)cc4)C(=O)O3)ccc2O1. The zero-order valence-electron chi connectivity index (χ0n) is 22.2. The highest BCUT2D eigenvalue weighted by atomic mass is 16.7. The molecule has 0 aliphatic carbocycles. The summed E-state index contributed by atoms with van der Waals surface area (Å²) < 4.78 is 28.7. The molecule has 0 bridgehead atoms. The lowest BCUT2D eigenvalue weighted by Gasteiger charge is -2.32. The van der Waals surface area contributed by atoms with Gasteiger partial charge in [-0.2, -0.15) is 5.26 Å². The number of hydrogen-bond donors (Lipinski definition) is 0. The van der Waals surface area contributed by atoms with Crippen LogP contribution in [0.1, 0.15) is 47.8 Å². The second-order valence-electron chi connectivity index (χ2n) is 10.1. The highest BCUT2D eigenvalue weighted by Crippen LogP contribution is 2.35. The van der Waals surface area contributed by atoms with Crippen molar-refractivity contribution >= 4 is 6.09 Å². The molecule has 1 fully saturated rings. The predicted octanol–water partition coefficient (Wildman–Crippen LogP) is 5.53. The minimum atomic E-state index is -0.642. The van der Waals surface area contributed by atoms with E-state index in [9.17, 15) is 4.79 Å². The summed E-state index contributed by atoms with van der Waals surface area (Å²) in [5, 5.41) is 8.98. The normalized spacial score (nSPS) is 17.6. The van der Waals surface area contributed by atoms with Crippen LogP contribution >= 0.6 is 0 Å². The van der Waals surface area contributed by atoms with Crippen molar-refractivity contribution in [1.29, 1.82) is 5.26 Å². The molecule has 0 N–H and O–H groups in total. The number of nitrogens with zero attached hydrogens (tertiary/aromatic N) is 2. The van der Waals surface area contributed by atoms with Gasteiger partial charge in [-0.05, 0) is 59.5 Å². The minimum Gasteiger partial charge on any atom is -0.491 e. The fourth-order valence-corrected chi connectivity index (χ4v) is 4.58. The molecule has 5 rings (SSSR count). The zero-order valence-corrected chi connectivity index (χ0v) is 22.2. The lowest BCUT2D eigenvalue weighted by molar-refractivity contribution is -0.180. The summed E-state index contributed by atoms with van der Waals surface area (Å²) in [6, 6.07) is 23.3. The molecule has 1 amide bonds. The van der Waals surface area contributed by atoms with Crippen molar-refractivity contribution in [1.82, 2.24) is 4.90 Å². The van der Waals surface area contributed by atoms with E-state index in [1.807, 2.05) is 74.5 Å². The maximum absolute atomic E-state index is 12.5. The van der Waals surface area contributed by atoms with E-state index in [2.05, 4.69) is 6.07 Å². The van der Waals surface area contributed by atoms with Gasteiger partial charge in [-0.1, -0.05) is 30.3 Å². The minimum absolute atomic E-state index is 0.300. The zero-order chi connectivity index (χ0) is 27.2. The average Bonchev–Trinajstić information content (AvgIpc) is 3.32. The van der Waals surface area contributed by atoms with Crippen molar-refractivity contribution in [2.45, 2.75) is 45.4 Å². The number of rotatable bonds is 10. The van der Waals surface area contributed by atoms with E-state index < -0.39 is 5.79 Å². The molecule has 2 heterocycles. The number of cyclic esters (lactones) is 1. The van der Waals surface area contributed by atoms with Gasteiger partial charge in [0.05, 0.1) is 38.0 Å². The van der Waals surface area contributed by atoms with E-state index in [0.717, 1.165) is 33.8 Å². The topological polar surface area (TPSA) is 90.2 Å². The quantitative estimate of drug-likeness (QED) is 0.319. The largest absolute Gasteiger partial charge is 0.491 e. The van der Waals surface area contributed by atoms with Gasteiger partial charge in [0.25, 0.3) is 0 Å². The first-order valence-corrected chi connectivity index (χ1v) is 13.1. The van der Waals surface area contributed by atoms with Crippen LogP contribution in [0, 0.1) is 11.3 Å². The van der Waals surface area contributed by atoms with Crippen LogP contribution in [-0.2, 0) is 33.8 Å². The van der Waals surface area contributed by atoms with Crippen molar-refractivity contribution in [3.63, 3.8) is 0 Å². The number of amides is 1. The molecule has 39 heavy (non-hydrogen) atoms. The summed E-state index contributed by atoms with van der Waals surface area (Å²) in [5.41, 5.74) is 4.59. The van der Waals surface area contributed by atoms with Gasteiger partial charge in [0.2, 0.25) is 5.79 Å². The van der Waals surface area contributed by atoms with Crippen LogP contribution in [-0.4, -0.2) is 43.1 Å². The summed E-state index contributed by atoms with van der Waals surface area (Å²) in [4.78, 5) is 14.3. The van der Waals surface area contributed by atoms with E-state index in [1.165, 1.54) is 0 Å². The molecule has 8 nitrogen and oxygen atoms in total. The Labute approximate surface area is 228 Å². The van der Waals surface area contributed by atoms with Gasteiger partial charge in [-0.3, -0.25) is 0 Å². The van der Waals surface area contributed by atoms with E-state index in [-0.39, 0.29) is 12.2 Å². The Balaban J connectivity index is 1.04. The molecule has 1 atom stereocenters. The van der Waals surface area contributed by atoms with Gasteiger partial charge >= 0.3 is 6.09 Å². The lowest BCUT2D eigenvalue weighted by Crippen LogP contribution is -2.35. The highest BCUT2D eigenvalue weighted by Gasteiger charge is 2.33. The first-order valence-electron chi connectivity index (χ1n) is 13.1. The van der Waals surface area contributed by atoms with Crippen LogP contribution < -0.4 is 9.47 Å². The Kier molecular flexibility index (Phi) is 8.01. The number of carbonyl (C=O) groups excluding carboxylic acids is 1. The Hall–Kier alpha value is -4.06. The highest BCUT2D eigenvalue weighted by molar-refractivity contribution is 5.70. The monoisotopic (exact) mass is 528 g/mol. The molecule has 3 aromatic rings. The molecular weight excluding hydrogens is 496 g/mol. The Morgan fingerprint density at radius 3 is 2.72 bits per heavy atom. The molecule has 202 valence electrons. The van der Waals surface area contributed by atoms with Crippen molar-refractivity contribution in [2.75, 3.05) is 26.3 Å². The number of hydrogen-bond acceptors (Lipinski definition) is 7. The van der Waals surface area contributed by atoms with Crippen LogP contribution in [0.2, 0.25) is 0 Å². The fourth-order valence-electron chi connectivity index (χ4n) is 4.58. The van der Waals surface area contributed by atoms with Crippen LogP contribution in [0.3, 0.4) is 0 Å². The molecule has 3 aromatic carbocycles. The molecule has 0 radical (unpaired) electrons. The molecule has 0 aromatic heterocycles. The van der Waals surface area contributed by atoms with Crippen LogP contribution in [0.15, 0.2) is 66.7 Å². The molecule has 1 unspecified atom stereocenters. The molecule has 2 aliphatic heterocycles. The molecular formula is C31H32N2O6. The van der Waals surface area contributed by atoms with E-state index in [0.29, 0.717) is 51.5 Å². The van der Waals surface area contributed by atoms with Crippen molar-refractivity contribution in [3.8, 4) is 17.6 Å². The standard InChI is InChI=1S/C31H32N2O6/c1-31(2)37-21-26-17-25(8-11-28(26)39-31)29-19-33(30(34)38-29)13-12-22-6-9-27(10-7-22)36-15-14-35-20-24-5-3-4-23(16-24)18-32/h3-11,16-17,29H,12-15,19-21H2,1-2H3. The predicted molar refractivity (Wildman–Crippen MR) is 143 cm³/mol. The number of benzene rings is 3. The van der Waals surface area contributed by atoms with Gasteiger partial charge in [0.15, 0.2) is 0 Å². The molecule has 0 spiro atoms. The van der Waals surface area contributed by atoms with Gasteiger partial charge in [-0.25, -0.2) is 4.79 Å². The summed E-state index contributed by atoms with van der Waals surface area (Å²) in [7, 11) is 0. The van der Waals surface area contributed by atoms with Crippen LogP contribution in [0.5, 0.6) is 11.5 Å². The molecule has 8 heteroatoms. The Morgan fingerprint density at radius 1 is 1.05 bits per heavy atom. The summed E-state index contributed by atoms with van der Waals surface area (Å²) in [6.07, 6.45) is 0.102. The fraction of sp³-hybridized carbons (Fsp3) is 0.355. The average molecular weight is 529 g/mol. The molecule has 2 aliphatic rings. The first kappa shape index (κ1) is 26.5. The summed E-state index contributed by atoms with van der Waals surface area (Å²) >= 11 is 0. The molecule has 1 saturated heterocycles. The van der Waals surface area contributed by atoms with E-state index in [1.54, 1.807) is 11.0 Å². The van der Waals surface area contributed by atoms with Crippen LogP contribution in [0.4, 0.5) is 4.79 Å². The maximum Gasteiger partial charge on any atom is 0.410 e. The van der Waals surface area contributed by atoms with Gasteiger partial charge < -0.3 is 28.6 Å². The summed E-state index contributed by atoms with van der Waals surface area (Å²) in [6.45, 7) is 6.62. The van der Waals surface area contributed by atoms with Gasteiger partial charge in [0, 0.05) is 26.0 Å². The second kappa shape index (κ2) is 11.8.